The van der Waals surface area contributed by atoms with Crippen LogP contribution in [-0.2, 0) is 11.3 Å². The Balaban J connectivity index is 1.95. The molecule has 2 heterocycles. The lowest BCUT2D eigenvalue weighted by Gasteiger charge is -2.24. The van der Waals surface area contributed by atoms with Gasteiger partial charge in [-0.1, -0.05) is 13.0 Å². The van der Waals surface area contributed by atoms with E-state index >= 15 is 0 Å². The lowest BCUT2D eigenvalue weighted by molar-refractivity contribution is -0.248. The third-order valence-corrected chi connectivity index (χ3v) is 6.04. The van der Waals surface area contributed by atoms with Gasteiger partial charge in [0.1, 0.15) is 11.4 Å². The third kappa shape index (κ3) is 6.58. The molecule has 1 aliphatic carbocycles. The summed E-state index contributed by atoms with van der Waals surface area (Å²) in [5, 5.41) is 30.1. The van der Waals surface area contributed by atoms with Crippen molar-refractivity contribution in [2.75, 3.05) is 7.05 Å². The predicted octanol–water partition coefficient (Wildman–Crippen LogP) is 3.47. The maximum absolute atomic E-state index is 13.5. The number of aliphatic hydroxyl groups is 1. The van der Waals surface area contributed by atoms with E-state index in [1.165, 1.54) is 30.1 Å². The van der Waals surface area contributed by atoms with Crippen molar-refractivity contribution in [1.29, 1.82) is 5.41 Å². The first kappa shape index (κ1) is 30.9. The summed E-state index contributed by atoms with van der Waals surface area (Å²) >= 11 is 0. The lowest BCUT2D eigenvalue weighted by atomic mass is 9.91. The summed E-state index contributed by atoms with van der Waals surface area (Å²) < 4.78 is 65.9. The van der Waals surface area contributed by atoms with Crippen LogP contribution < -0.4 is 16.1 Å². The monoisotopic (exact) mass is 582 g/mol. The van der Waals surface area contributed by atoms with E-state index in [-0.39, 0.29) is 47.2 Å². The number of carbonyl (C=O) groups is 2. The van der Waals surface area contributed by atoms with Crippen molar-refractivity contribution in [1.82, 2.24) is 30.8 Å². The summed E-state index contributed by atoms with van der Waals surface area (Å²) in [7, 11) is 1.40. The maximum Gasteiger partial charge on any atom is 0.459 e. The minimum absolute atomic E-state index is 0.0338. The number of carbonyl (C=O) groups excluding carboxylic acids is 2. The fourth-order valence-electron chi connectivity index (χ4n) is 3.89. The van der Waals surface area contributed by atoms with Crippen LogP contribution in [-0.4, -0.2) is 62.3 Å². The molecule has 2 aromatic heterocycles. The van der Waals surface area contributed by atoms with E-state index in [1.54, 1.807) is 26.0 Å². The summed E-state index contributed by atoms with van der Waals surface area (Å²) in [6.45, 7) is 3.92. The third-order valence-electron chi connectivity index (χ3n) is 6.04. The molecule has 1 unspecified atom stereocenters. The van der Waals surface area contributed by atoms with E-state index in [0.717, 1.165) is 6.92 Å². The van der Waals surface area contributed by atoms with Gasteiger partial charge in [-0.2, -0.15) is 32.2 Å². The van der Waals surface area contributed by atoms with Gasteiger partial charge in [-0.25, -0.2) is 9.67 Å². The maximum atomic E-state index is 13.5. The standard InChI is InChI=1S/C25H27F5N8O3/c1-12-6-5-7-33-21(12)38-18(23(41)35-19-13(2)8-16(39)10-17(19)22(40)32-4)9-15(37-38)11-34-36-14(3)20(31)24(26,27)25(28,29)30/h5-7,9-10,13,31,34,39H,8,11H2,1-4H3,(H,32,40)(H,35,41)/b31-20?,36-14-. The smallest absolute Gasteiger partial charge is 0.459 e. The van der Waals surface area contributed by atoms with Crippen LogP contribution >= 0.6 is 0 Å². The van der Waals surface area contributed by atoms with Crippen LogP contribution in [0.3, 0.4) is 0 Å². The summed E-state index contributed by atoms with van der Waals surface area (Å²) in [6, 6.07) is 4.70. The van der Waals surface area contributed by atoms with Gasteiger partial charge in [0, 0.05) is 31.3 Å². The molecule has 0 aliphatic heterocycles. The topological polar surface area (TPSA) is 157 Å². The van der Waals surface area contributed by atoms with E-state index in [2.05, 4.69) is 31.2 Å². The van der Waals surface area contributed by atoms with E-state index in [9.17, 15) is 36.6 Å². The molecule has 0 radical (unpaired) electrons. The Morgan fingerprint density at radius 2 is 1.93 bits per heavy atom. The number of aliphatic hydroxyl groups excluding tert-OH is 1. The highest BCUT2D eigenvalue weighted by Crippen LogP contribution is 2.36. The van der Waals surface area contributed by atoms with E-state index < -0.39 is 41.3 Å². The summed E-state index contributed by atoms with van der Waals surface area (Å²) in [5.74, 6) is -6.83. The zero-order valence-corrected chi connectivity index (χ0v) is 22.3. The molecule has 1 aliphatic rings. The van der Waals surface area contributed by atoms with Crippen LogP contribution in [0, 0.1) is 18.3 Å². The van der Waals surface area contributed by atoms with E-state index in [1.807, 2.05) is 0 Å². The van der Waals surface area contributed by atoms with Gasteiger partial charge in [0.25, 0.3) is 11.8 Å². The molecule has 2 aromatic rings. The Morgan fingerprint density at radius 3 is 2.54 bits per heavy atom. The number of rotatable bonds is 9. The Morgan fingerprint density at radius 1 is 1.24 bits per heavy atom. The minimum atomic E-state index is -5.96. The van der Waals surface area contributed by atoms with Crippen molar-refractivity contribution >= 4 is 23.2 Å². The second-order valence-electron chi connectivity index (χ2n) is 9.16. The van der Waals surface area contributed by atoms with Crippen molar-refractivity contribution < 1.29 is 36.6 Å². The number of likely N-dealkylation sites (N-methyl/N-ethyl adjacent to an activating group) is 1. The Hall–Kier alpha value is -4.63. The molecule has 41 heavy (non-hydrogen) atoms. The molecule has 11 nitrogen and oxygen atoms in total. The number of hydrogen-bond acceptors (Lipinski definition) is 8. The average Bonchev–Trinajstić information content (AvgIpc) is 3.32. The predicted molar refractivity (Wildman–Crippen MR) is 138 cm³/mol. The van der Waals surface area contributed by atoms with Gasteiger partial charge in [0.2, 0.25) is 0 Å². The van der Waals surface area contributed by atoms with Crippen molar-refractivity contribution in [3.05, 3.63) is 64.5 Å². The molecule has 16 heteroatoms. The number of hydrogen-bond donors (Lipinski definition) is 5. The molecule has 0 aromatic carbocycles. The van der Waals surface area contributed by atoms with Gasteiger partial charge < -0.3 is 21.2 Å². The number of amides is 2. The Labute approximate surface area is 230 Å². The van der Waals surface area contributed by atoms with E-state index in [0.29, 0.717) is 5.56 Å². The van der Waals surface area contributed by atoms with Gasteiger partial charge in [-0.15, -0.1) is 0 Å². The fraction of sp³-hybridized carbons (Fsp3) is 0.360. The molecule has 0 bridgehead atoms. The molecule has 3 rings (SSSR count). The minimum Gasteiger partial charge on any atom is -0.512 e. The molecule has 0 saturated heterocycles. The molecule has 220 valence electrons. The molecule has 0 saturated carbocycles. The first-order chi connectivity index (χ1) is 19.1. The second kappa shape index (κ2) is 11.9. The number of aryl methyl sites for hydroxylation is 1. The van der Waals surface area contributed by atoms with Gasteiger partial charge in [-0.05, 0) is 37.6 Å². The van der Waals surface area contributed by atoms with Gasteiger partial charge >= 0.3 is 12.1 Å². The molecule has 2 amide bonds. The highest BCUT2D eigenvalue weighted by Gasteiger charge is 2.61. The quantitative estimate of drug-likeness (QED) is 0.173. The largest absolute Gasteiger partial charge is 0.512 e. The molecule has 5 N–H and O–H groups in total. The normalized spacial score (nSPS) is 16.3. The number of aromatic nitrogens is 3. The van der Waals surface area contributed by atoms with Crippen molar-refractivity contribution in [2.24, 2.45) is 11.0 Å². The summed E-state index contributed by atoms with van der Waals surface area (Å²) in [5.41, 5.74) is 0.393. The Bertz CT molecular complexity index is 1460. The van der Waals surface area contributed by atoms with Crippen LogP contribution in [0.1, 0.15) is 42.0 Å². The Kier molecular flexibility index (Phi) is 8.94. The summed E-state index contributed by atoms with van der Waals surface area (Å²) in [6.07, 6.45) is -3.07. The zero-order valence-electron chi connectivity index (χ0n) is 22.3. The summed E-state index contributed by atoms with van der Waals surface area (Å²) in [4.78, 5) is 30.1. The highest BCUT2D eigenvalue weighted by molar-refractivity contribution is 6.42. The fourth-order valence-corrected chi connectivity index (χ4v) is 3.89. The van der Waals surface area contributed by atoms with Crippen molar-refractivity contribution in [3.63, 3.8) is 0 Å². The number of alkyl halides is 5. The van der Waals surface area contributed by atoms with Gasteiger partial charge in [0.15, 0.2) is 5.82 Å². The van der Waals surface area contributed by atoms with E-state index in [4.69, 9.17) is 5.41 Å². The highest BCUT2D eigenvalue weighted by atomic mass is 19.4. The van der Waals surface area contributed by atoms with Crippen LogP contribution in [0.25, 0.3) is 5.82 Å². The number of halogens is 5. The van der Waals surface area contributed by atoms with Gasteiger partial charge in [0.05, 0.1) is 29.3 Å². The van der Waals surface area contributed by atoms with Crippen LogP contribution in [0.15, 0.2) is 52.6 Å². The van der Waals surface area contributed by atoms with Crippen LogP contribution in [0.2, 0.25) is 0 Å². The zero-order chi connectivity index (χ0) is 30.7. The molecule has 0 fully saturated rings. The molecular formula is C25H27F5N8O3. The van der Waals surface area contributed by atoms with Crippen molar-refractivity contribution in [2.45, 2.75) is 45.8 Å². The molecular weight excluding hydrogens is 555 g/mol. The first-order valence-corrected chi connectivity index (χ1v) is 12.1. The van der Waals surface area contributed by atoms with Crippen LogP contribution in [0.5, 0.6) is 0 Å². The SMILES string of the molecule is CNC(=O)C1=C(NC(=O)c2cc(CN/N=C(/C)C(=N)C(F)(F)C(F)(F)F)nn2-c2ncccc2C)C(C)CC(O)=C1. The number of hydrazone groups is 1. The number of nitrogens with one attached hydrogen (secondary N) is 4. The number of nitrogens with zero attached hydrogens (tertiary/aromatic N) is 4. The number of pyridine rings is 1. The van der Waals surface area contributed by atoms with Crippen LogP contribution in [0.4, 0.5) is 22.0 Å². The molecule has 1 atom stereocenters. The number of allylic oxidation sites excluding steroid dienone is 2. The lowest BCUT2D eigenvalue weighted by Crippen LogP contribution is -2.46. The molecule has 0 spiro atoms. The van der Waals surface area contributed by atoms with Gasteiger partial charge in [-0.3, -0.25) is 15.0 Å². The average molecular weight is 583 g/mol. The second-order valence-corrected chi connectivity index (χ2v) is 9.16. The first-order valence-electron chi connectivity index (χ1n) is 12.1. The van der Waals surface area contributed by atoms with Crippen molar-refractivity contribution in [3.8, 4) is 5.82 Å².